The van der Waals surface area contributed by atoms with E-state index in [4.69, 9.17) is 9.15 Å². The molecule has 2 aromatic heterocycles. The second-order valence-corrected chi connectivity index (χ2v) is 5.41. The van der Waals surface area contributed by atoms with Gasteiger partial charge >= 0.3 is 0 Å². The normalized spacial score (nSPS) is 11.9. The average molecular weight is 325 g/mol. The number of hydrogen-bond acceptors (Lipinski definition) is 4. The van der Waals surface area contributed by atoms with Crippen molar-refractivity contribution in [1.82, 2.24) is 15.1 Å². The van der Waals surface area contributed by atoms with E-state index in [1.54, 1.807) is 30.3 Å². The Morgan fingerprint density at radius 3 is 2.88 bits per heavy atom. The van der Waals surface area contributed by atoms with Crippen LogP contribution in [0.2, 0.25) is 0 Å². The van der Waals surface area contributed by atoms with Gasteiger partial charge in [-0.05, 0) is 31.2 Å². The van der Waals surface area contributed by atoms with Gasteiger partial charge in [-0.1, -0.05) is 18.2 Å². The van der Waals surface area contributed by atoms with E-state index in [9.17, 15) is 4.79 Å². The third-order valence-corrected chi connectivity index (χ3v) is 3.70. The molecule has 6 nitrogen and oxygen atoms in total. The number of hydrogen-bond donors (Lipinski definition) is 1. The molecule has 124 valence electrons. The van der Waals surface area contributed by atoms with E-state index in [0.29, 0.717) is 11.5 Å². The SMILES string of the molecule is COc1ccccc1C(C)NC(=O)Cn1ccc(-c2ccco2)n1. The maximum atomic E-state index is 12.3. The van der Waals surface area contributed by atoms with E-state index in [-0.39, 0.29) is 18.5 Å². The number of carbonyl (C=O) groups excluding carboxylic acids is 1. The predicted octanol–water partition coefficient (Wildman–Crippen LogP) is 3.03. The highest BCUT2D eigenvalue weighted by Gasteiger charge is 2.14. The Hall–Kier alpha value is -3.02. The fourth-order valence-corrected chi connectivity index (χ4v) is 2.54. The lowest BCUT2D eigenvalue weighted by molar-refractivity contribution is -0.122. The summed E-state index contributed by atoms with van der Waals surface area (Å²) >= 11 is 0. The zero-order valence-corrected chi connectivity index (χ0v) is 13.6. The maximum absolute atomic E-state index is 12.3. The number of nitrogens with zero attached hydrogens (tertiary/aromatic N) is 2. The van der Waals surface area contributed by atoms with Gasteiger partial charge < -0.3 is 14.5 Å². The average Bonchev–Trinajstić information content (AvgIpc) is 3.25. The summed E-state index contributed by atoms with van der Waals surface area (Å²) < 4.78 is 12.2. The maximum Gasteiger partial charge on any atom is 0.242 e. The molecule has 0 aliphatic rings. The lowest BCUT2D eigenvalue weighted by atomic mass is 10.1. The standard InChI is InChI=1S/C18H19N3O3/c1-13(14-6-3-4-7-16(14)23-2)19-18(22)12-21-10-9-15(20-21)17-8-5-11-24-17/h3-11,13H,12H2,1-2H3,(H,19,22). The molecule has 0 aliphatic heterocycles. The molecule has 1 unspecified atom stereocenters. The number of para-hydroxylation sites is 1. The van der Waals surface area contributed by atoms with Crippen molar-refractivity contribution < 1.29 is 13.9 Å². The Bertz CT molecular complexity index is 809. The zero-order chi connectivity index (χ0) is 16.9. The van der Waals surface area contributed by atoms with Gasteiger partial charge in [0.25, 0.3) is 0 Å². The summed E-state index contributed by atoms with van der Waals surface area (Å²) in [5, 5.41) is 7.30. The minimum atomic E-state index is -0.159. The third kappa shape index (κ3) is 3.48. The monoisotopic (exact) mass is 325 g/mol. The zero-order valence-electron chi connectivity index (χ0n) is 13.6. The summed E-state index contributed by atoms with van der Waals surface area (Å²) in [7, 11) is 1.62. The van der Waals surface area contributed by atoms with Crippen molar-refractivity contribution in [3.05, 3.63) is 60.5 Å². The van der Waals surface area contributed by atoms with E-state index in [1.807, 2.05) is 43.3 Å². The lowest BCUT2D eigenvalue weighted by Crippen LogP contribution is -2.30. The van der Waals surface area contributed by atoms with Gasteiger partial charge in [0.1, 0.15) is 18.0 Å². The number of nitrogens with one attached hydrogen (secondary N) is 1. The molecule has 24 heavy (non-hydrogen) atoms. The topological polar surface area (TPSA) is 69.3 Å². The molecule has 3 aromatic rings. The molecule has 2 heterocycles. The molecule has 0 saturated heterocycles. The minimum absolute atomic E-state index is 0.123. The molecule has 3 rings (SSSR count). The van der Waals surface area contributed by atoms with Gasteiger partial charge in [-0.15, -0.1) is 0 Å². The van der Waals surface area contributed by atoms with E-state index < -0.39 is 0 Å². The first-order valence-corrected chi connectivity index (χ1v) is 7.67. The van der Waals surface area contributed by atoms with Crippen LogP contribution in [-0.4, -0.2) is 22.8 Å². The van der Waals surface area contributed by atoms with E-state index >= 15 is 0 Å². The molecule has 0 saturated carbocycles. The fourth-order valence-electron chi connectivity index (χ4n) is 2.54. The molecular weight excluding hydrogens is 306 g/mol. The summed E-state index contributed by atoms with van der Waals surface area (Å²) in [6.07, 6.45) is 3.35. The van der Waals surface area contributed by atoms with Crippen LogP contribution in [-0.2, 0) is 11.3 Å². The first-order chi connectivity index (χ1) is 11.7. The van der Waals surface area contributed by atoms with Crippen LogP contribution in [0.5, 0.6) is 5.75 Å². The number of furan rings is 1. The summed E-state index contributed by atoms with van der Waals surface area (Å²) in [5.74, 6) is 1.31. The number of ether oxygens (including phenoxy) is 1. The predicted molar refractivity (Wildman–Crippen MR) is 89.5 cm³/mol. The van der Waals surface area contributed by atoms with Crippen molar-refractivity contribution in [2.45, 2.75) is 19.5 Å². The third-order valence-electron chi connectivity index (χ3n) is 3.70. The van der Waals surface area contributed by atoms with Crippen molar-refractivity contribution in [1.29, 1.82) is 0 Å². The Kier molecular flexibility index (Phi) is 4.65. The van der Waals surface area contributed by atoms with Crippen LogP contribution in [0, 0.1) is 0 Å². The number of benzene rings is 1. The summed E-state index contributed by atoms with van der Waals surface area (Å²) in [6.45, 7) is 2.06. The van der Waals surface area contributed by atoms with Crippen LogP contribution in [0.4, 0.5) is 0 Å². The van der Waals surface area contributed by atoms with Gasteiger partial charge in [0.15, 0.2) is 5.76 Å². The van der Waals surface area contributed by atoms with Crippen molar-refractivity contribution in [2.24, 2.45) is 0 Å². The van der Waals surface area contributed by atoms with Gasteiger partial charge in [0.05, 0.1) is 19.4 Å². The Morgan fingerprint density at radius 1 is 1.29 bits per heavy atom. The van der Waals surface area contributed by atoms with Gasteiger partial charge in [0.2, 0.25) is 5.91 Å². The van der Waals surface area contributed by atoms with Gasteiger partial charge in [0, 0.05) is 11.8 Å². The smallest absolute Gasteiger partial charge is 0.242 e. The molecule has 1 amide bonds. The first kappa shape index (κ1) is 15.9. The van der Waals surface area contributed by atoms with E-state index in [0.717, 1.165) is 11.3 Å². The van der Waals surface area contributed by atoms with Crippen LogP contribution in [0.3, 0.4) is 0 Å². The molecule has 1 aromatic carbocycles. The summed E-state index contributed by atoms with van der Waals surface area (Å²) in [4.78, 5) is 12.3. The Morgan fingerprint density at radius 2 is 2.12 bits per heavy atom. The second-order valence-electron chi connectivity index (χ2n) is 5.41. The van der Waals surface area contributed by atoms with Crippen LogP contribution < -0.4 is 10.1 Å². The number of carbonyl (C=O) groups is 1. The number of amides is 1. The first-order valence-electron chi connectivity index (χ1n) is 7.67. The van der Waals surface area contributed by atoms with Crippen molar-refractivity contribution >= 4 is 5.91 Å². The number of methoxy groups -OCH3 is 1. The van der Waals surface area contributed by atoms with Crippen LogP contribution in [0.15, 0.2) is 59.3 Å². The second kappa shape index (κ2) is 7.04. The molecule has 6 heteroatoms. The summed E-state index contributed by atoms with van der Waals surface area (Å²) in [5.41, 5.74) is 1.63. The Labute approximate surface area is 140 Å². The van der Waals surface area contributed by atoms with Crippen LogP contribution in [0.1, 0.15) is 18.5 Å². The molecule has 0 aliphatic carbocycles. The fraction of sp³-hybridized carbons (Fsp3) is 0.222. The number of aromatic nitrogens is 2. The highest BCUT2D eigenvalue weighted by molar-refractivity contribution is 5.76. The molecular formula is C18H19N3O3. The van der Waals surface area contributed by atoms with Gasteiger partial charge in [-0.25, -0.2) is 0 Å². The quantitative estimate of drug-likeness (QED) is 0.756. The van der Waals surface area contributed by atoms with Crippen molar-refractivity contribution in [2.75, 3.05) is 7.11 Å². The molecule has 1 atom stereocenters. The molecule has 1 N–H and O–H groups in total. The van der Waals surface area contributed by atoms with Crippen LogP contribution >= 0.6 is 0 Å². The Balaban J connectivity index is 1.63. The molecule has 0 bridgehead atoms. The summed E-state index contributed by atoms with van der Waals surface area (Å²) in [6, 6.07) is 12.9. The minimum Gasteiger partial charge on any atom is -0.496 e. The highest BCUT2D eigenvalue weighted by atomic mass is 16.5. The van der Waals surface area contributed by atoms with E-state index in [1.165, 1.54) is 0 Å². The highest BCUT2D eigenvalue weighted by Crippen LogP contribution is 2.24. The number of rotatable bonds is 6. The van der Waals surface area contributed by atoms with Crippen molar-refractivity contribution in [3.63, 3.8) is 0 Å². The van der Waals surface area contributed by atoms with E-state index in [2.05, 4.69) is 10.4 Å². The largest absolute Gasteiger partial charge is 0.496 e. The molecule has 0 radical (unpaired) electrons. The van der Waals surface area contributed by atoms with Crippen molar-refractivity contribution in [3.8, 4) is 17.2 Å². The van der Waals surface area contributed by atoms with Crippen LogP contribution in [0.25, 0.3) is 11.5 Å². The lowest BCUT2D eigenvalue weighted by Gasteiger charge is -2.17. The van der Waals surface area contributed by atoms with Gasteiger partial charge in [-0.2, -0.15) is 5.10 Å². The molecule has 0 spiro atoms. The van der Waals surface area contributed by atoms with Gasteiger partial charge in [-0.3, -0.25) is 9.48 Å². The molecule has 0 fully saturated rings.